The number of nitrogens with zero attached hydrogens (tertiary/aromatic N) is 5. The number of hydrogen-bond donors (Lipinski definition) is 1. The third-order valence-electron chi connectivity index (χ3n) is 5.26. The van der Waals surface area contributed by atoms with E-state index in [1.54, 1.807) is 17.7 Å². The van der Waals surface area contributed by atoms with E-state index in [2.05, 4.69) is 15.0 Å². The fourth-order valence-electron chi connectivity index (χ4n) is 3.93. The van der Waals surface area contributed by atoms with E-state index in [1.807, 2.05) is 0 Å². The molecule has 0 aromatic carbocycles. The Morgan fingerprint density at radius 3 is 2.72 bits per heavy atom. The summed E-state index contributed by atoms with van der Waals surface area (Å²) in [4.78, 5) is 6.54. The molecule has 25 heavy (non-hydrogen) atoms. The van der Waals surface area contributed by atoms with Crippen molar-refractivity contribution in [1.82, 2.24) is 18.9 Å². The van der Waals surface area contributed by atoms with Gasteiger partial charge in [-0.3, -0.25) is 0 Å². The summed E-state index contributed by atoms with van der Waals surface area (Å²) < 4.78 is 31.0. The number of aromatic nitrogens is 3. The Balaban J connectivity index is 1.50. The van der Waals surface area contributed by atoms with Crippen molar-refractivity contribution in [3.63, 3.8) is 0 Å². The van der Waals surface area contributed by atoms with Crippen molar-refractivity contribution >= 4 is 33.1 Å². The van der Waals surface area contributed by atoms with Gasteiger partial charge < -0.3 is 9.64 Å². The van der Waals surface area contributed by atoms with Crippen molar-refractivity contribution < 1.29 is 13.2 Å². The zero-order chi connectivity index (χ0) is 18.0. The molecule has 1 aliphatic heterocycles. The average molecular weight is 387 g/mol. The molecule has 2 aliphatic rings. The summed E-state index contributed by atoms with van der Waals surface area (Å²) in [5.41, 5.74) is 0.920. The first kappa shape index (κ1) is 16.8. The first-order chi connectivity index (χ1) is 11.7. The van der Waals surface area contributed by atoms with E-state index in [0.717, 1.165) is 37.3 Å². The monoisotopic (exact) mass is 386 g/mol. The van der Waals surface area contributed by atoms with Crippen LogP contribution < -0.4 is 14.8 Å². The molecule has 0 amide bonds. The number of rotatable bonds is 4. The standard InChI is InChI=1S/C14H19ClN6O3S/c1-19(25(16,22)23)9-4-14(5-9)6-20(7-14)12-11-3-10(15)13(24-2)21(11)18-8-17-12/h3,8-9H,4-7H2,1-2H3,(H2,16,22,23). The summed E-state index contributed by atoms with van der Waals surface area (Å²) >= 11 is 6.19. The Hall–Kier alpha value is -1.62. The average Bonchev–Trinajstić information content (AvgIpc) is 2.79. The lowest BCUT2D eigenvalue weighted by molar-refractivity contribution is 0.0207. The van der Waals surface area contributed by atoms with Crippen LogP contribution in [0.15, 0.2) is 12.4 Å². The van der Waals surface area contributed by atoms with Crippen LogP contribution in [0.2, 0.25) is 5.02 Å². The van der Waals surface area contributed by atoms with Crippen molar-refractivity contribution in [2.45, 2.75) is 18.9 Å². The van der Waals surface area contributed by atoms with Crippen LogP contribution in [0.1, 0.15) is 12.8 Å². The Kier molecular flexibility index (Phi) is 3.66. The molecule has 4 rings (SSSR count). The van der Waals surface area contributed by atoms with E-state index in [1.165, 1.54) is 17.7 Å². The van der Waals surface area contributed by atoms with Crippen LogP contribution in [-0.2, 0) is 10.2 Å². The largest absolute Gasteiger partial charge is 0.480 e. The summed E-state index contributed by atoms with van der Waals surface area (Å²) in [7, 11) is -0.549. The first-order valence-corrected chi connectivity index (χ1v) is 9.69. The van der Waals surface area contributed by atoms with E-state index in [9.17, 15) is 8.42 Å². The molecule has 0 unspecified atom stereocenters. The topological polar surface area (TPSA) is 106 Å². The third kappa shape index (κ3) is 2.55. The van der Waals surface area contributed by atoms with E-state index in [4.69, 9.17) is 21.5 Å². The van der Waals surface area contributed by atoms with E-state index >= 15 is 0 Å². The summed E-state index contributed by atoms with van der Waals surface area (Å²) in [6.07, 6.45) is 3.09. The molecule has 2 aromatic heterocycles. The lowest BCUT2D eigenvalue weighted by atomic mass is 9.60. The fourth-order valence-corrected chi connectivity index (χ4v) is 4.75. The highest BCUT2D eigenvalue weighted by atomic mass is 35.5. The van der Waals surface area contributed by atoms with Crippen LogP contribution in [-0.4, -0.2) is 60.6 Å². The predicted octanol–water partition coefficient (Wildman–Crippen LogP) is 0.495. The van der Waals surface area contributed by atoms with Crippen LogP contribution in [0, 0.1) is 5.41 Å². The summed E-state index contributed by atoms with van der Waals surface area (Å²) in [5.74, 6) is 1.28. The second-order valence-electron chi connectivity index (χ2n) is 6.86. The molecular weight excluding hydrogens is 368 g/mol. The molecule has 3 heterocycles. The van der Waals surface area contributed by atoms with Gasteiger partial charge in [0.2, 0.25) is 5.88 Å². The molecule has 1 spiro atoms. The van der Waals surface area contributed by atoms with Crippen molar-refractivity contribution in [2.24, 2.45) is 10.6 Å². The minimum Gasteiger partial charge on any atom is -0.480 e. The van der Waals surface area contributed by atoms with Crippen LogP contribution in [0.4, 0.5) is 5.82 Å². The van der Waals surface area contributed by atoms with Gasteiger partial charge in [-0.2, -0.15) is 22.3 Å². The second kappa shape index (κ2) is 5.44. The maximum Gasteiger partial charge on any atom is 0.276 e. The van der Waals surface area contributed by atoms with Gasteiger partial charge in [-0.05, 0) is 18.9 Å². The number of methoxy groups -OCH3 is 1. The van der Waals surface area contributed by atoms with E-state index in [0.29, 0.717) is 10.9 Å². The summed E-state index contributed by atoms with van der Waals surface area (Å²) in [6, 6.07) is 1.77. The quantitative estimate of drug-likeness (QED) is 0.819. The van der Waals surface area contributed by atoms with Crippen LogP contribution >= 0.6 is 11.6 Å². The Labute approximate surface area is 150 Å². The molecule has 1 saturated heterocycles. The van der Waals surface area contributed by atoms with Crippen LogP contribution in [0.3, 0.4) is 0 Å². The van der Waals surface area contributed by atoms with Crippen LogP contribution in [0.5, 0.6) is 5.88 Å². The van der Waals surface area contributed by atoms with Gasteiger partial charge in [0.1, 0.15) is 16.9 Å². The van der Waals surface area contributed by atoms with Gasteiger partial charge in [0.05, 0.1) is 7.11 Å². The number of ether oxygens (including phenoxy) is 1. The fraction of sp³-hybridized carbons (Fsp3) is 0.571. The Morgan fingerprint density at radius 2 is 2.12 bits per heavy atom. The SMILES string of the molecule is COc1c(Cl)cc2c(N3CC4(CC(N(C)S(N)(=O)=O)C4)C3)ncnn12. The smallest absolute Gasteiger partial charge is 0.276 e. The lowest BCUT2D eigenvalue weighted by Crippen LogP contribution is -2.67. The van der Waals surface area contributed by atoms with E-state index in [-0.39, 0.29) is 11.5 Å². The summed E-state index contributed by atoms with van der Waals surface area (Å²) in [6.45, 7) is 1.64. The van der Waals surface area contributed by atoms with Gasteiger partial charge in [-0.25, -0.2) is 10.1 Å². The normalized spacial score (nSPS) is 20.1. The maximum atomic E-state index is 11.4. The van der Waals surface area contributed by atoms with Crippen molar-refractivity contribution in [3.8, 4) is 5.88 Å². The zero-order valence-electron chi connectivity index (χ0n) is 13.9. The van der Waals surface area contributed by atoms with E-state index < -0.39 is 10.2 Å². The van der Waals surface area contributed by atoms with Gasteiger partial charge in [0.25, 0.3) is 10.2 Å². The Morgan fingerprint density at radius 1 is 1.44 bits per heavy atom. The molecular formula is C14H19ClN6O3S. The molecule has 136 valence electrons. The molecule has 0 atom stereocenters. The second-order valence-corrected chi connectivity index (χ2v) is 8.87. The predicted molar refractivity (Wildman–Crippen MR) is 93.1 cm³/mol. The molecule has 0 bridgehead atoms. The third-order valence-corrected chi connectivity index (χ3v) is 6.63. The molecule has 1 aliphatic carbocycles. The van der Waals surface area contributed by atoms with Crippen molar-refractivity contribution in [2.75, 3.05) is 32.1 Å². The highest BCUT2D eigenvalue weighted by Gasteiger charge is 2.55. The number of nitrogens with two attached hydrogens (primary N) is 1. The van der Waals surface area contributed by atoms with Crippen molar-refractivity contribution in [1.29, 1.82) is 0 Å². The highest BCUT2D eigenvalue weighted by molar-refractivity contribution is 7.86. The minimum atomic E-state index is -3.63. The lowest BCUT2D eigenvalue weighted by Gasteiger charge is -2.60. The molecule has 0 radical (unpaired) electrons. The zero-order valence-corrected chi connectivity index (χ0v) is 15.5. The molecule has 2 N–H and O–H groups in total. The van der Waals surface area contributed by atoms with Gasteiger partial charge in [-0.15, -0.1) is 0 Å². The van der Waals surface area contributed by atoms with Gasteiger partial charge >= 0.3 is 0 Å². The highest BCUT2D eigenvalue weighted by Crippen LogP contribution is 2.51. The maximum absolute atomic E-state index is 11.4. The number of anilines is 1. The number of halogens is 1. The first-order valence-electron chi connectivity index (χ1n) is 7.81. The molecule has 9 nitrogen and oxygen atoms in total. The van der Waals surface area contributed by atoms with Gasteiger partial charge in [-0.1, -0.05) is 11.6 Å². The van der Waals surface area contributed by atoms with Gasteiger partial charge in [0, 0.05) is 31.6 Å². The molecule has 2 aromatic rings. The number of fused-ring (bicyclic) bond motifs is 1. The summed E-state index contributed by atoms with van der Waals surface area (Å²) in [5, 5.41) is 9.86. The molecule has 2 fully saturated rings. The van der Waals surface area contributed by atoms with Gasteiger partial charge in [0.15, 0.2) is 5.82 Å². The van der Waals surface area contributed by atoms with Crippen LogP contribution in [0.25, 0.3) is 5.52 Å². The molecule has 11 heteroatoms. The number of hydrogen-bond acceptors (Lipinski definition) is 6. The molecule has 1 saturated carbocycles. The minimum absolute atomic E-state index is 0.0228. The van der Waals surface area contributed by atoms with Crippen molar-refractivity contribution in [3.05, 3.63) is 17.4 Å². The Bertz CT molecular complexity index is 931.